The van der Waals surface area contributed by atoms with Crippen molar-refractivity contribution in [3.63, 3.8) is 0 Å². The van der Waals surface area contributed by atoms with Gasteiger partial charge in [0.05, 0.1) is 10.7 Å². The van der Waals surface area contributed by atoms with E-state index >= 15 is 0 Å². The van der Waals surface area contributed by atoms with Crippen LogP contribution in [-0.4, -0.2) is 4.98 Å². The van der Waals surface area contributed by atoms with Gasteiger partial charge in [-0.25, -0.2) is 4.98 Å². The Labute approximate surface area is 112 Å². The van der Waals surface area contributed by atoms with Crippen LogP contribution < -0.4 is 5.32 Å². The minimum Gasteiger partial charge on any atom is -0.306 e. The van der Waals surface area contributed by atoms with E-state index in [1.807, 2.05) is 0 Å². The van der Waals surface area contributed by atoms with Gasteiger partial charge in [-0.3, -0.25) is 0 Å². The summed E-state index contributed by atoms with van der Waals surface area (Å²) >= 11 is 6.96. The number of nitrogens with one attached hydrogen (secondary N) is 1. The molecule has 0 aliphatic heterocycles. The molecule has 2 aromatic rings. The molecule has 0 saturated carbocycles. The molecule has 2 aromatic heterocycles. The van der Waals surface area contributed by atoms with E-state index in [4.69, 9.17) is 0 Å². The van der Waals surface area contributed by atoms with Crippen LogP contribution in [0, 0.1) is 0 Å². The van der Waals surface area contributed by atoms with Crippen molar-refractivity contribution in [2.75, 3.05) is 0 Å². The lowest BCUT2D eigenvalue weighted by Gasteiger charge is -1.99. The molecule has 0 radical (unpaired) electrons. The van der Waals surface area contributed by atoms with Crippen molar-refractivity contribution in [2.45, 2.75) is 26.4 Å². The lowest BCUT2D eigenvalue weighted by molar-refractivity contribution is 0.687. The van der Waals surface area contributed by atoms with Crippen LogP contribution in [0.5, 0.6) is 0 Å². The predicted molar refractivity (Wildman–Crippen MR) is 74.1 cm³/mol. The molecule has 0 bridgehead atoms. The summed E-state index contributed by atoms with van der Waals surface area (Å²) < 4.78 is 1.16. The minimum atomic E-state index is 0.853. The summed E-state index contributed by atoms with van der Waals surface area (Å²) in [6.07, 6.45) is 1.03. The predicted octanol–water partition coefficient (Wildman–Crippen LogP) is 3.82. The molecule has 5 heteroatoms. The van der Waals surface area contributed by atoms with E-state index < -0.39 is 0 Å². The van der Waals surface area contributed by atoms with E-state index in [1.54, 1.807) is 22.7 Å². The van der Waals surface area contributed by atoms with Crippen LogP contribution in [0.15, 0.2) is 21.3 Å². The number of hydrogen-bond acceptors (Lipinski definition) is 4. The molecule has 2 heterocycles. The molecule has 0 saturated heterocycles. The Hall–Kier alpha value is -0.230. The first-order valence-electron chi connectivity index (χ1n) is 5.15. The Morgan fingerprint density at radius 2 is 2.19 bits per heavy atom. The molecule has 2 rings (SSSR count). The highest BCUT2D eigenvalue weighted by Gasteiger charge is 2.01. The van der Waals surface area contributed by atoms with Gasteiger partial charge in [0.2, 0.25) is 0 Å². The number of aryl methyl sites for hydroxylation is 1. The van der Waals surface area contributed by atoms with Gasteiger partial charge in [0.15, 0.2) is 0 Å². The number of nitrogens with zero attached hydrogens (tertiary/aromatic N) is 1. The van der Waals surface area contributed by atoms with Gasteiger partial charge >= 0.3 is 0 Å². The SMILES string of the molecule is CCc1nc(CNCc2cc(Br)cs2)cs1. The van der Waals surface area contributed by atoms with E-state index in [0.29, 0.717) is 0 Å². The number of thiazole rings is 1. The normalized spacial score (nSPS) is 10.9. The molecular weight excluding hydrogens is 304 g/mol. The second kappa shape index (κ2) is 5.91. The largest absolute Gasteiger partial charge is 0.306 e. The van der Waals surface area contributed by atoms with Gasteiger partial charge < -0.3 is 5.32 Å². The van der Waals surface area contributed by atoms with Gasteiger partial charge in [-0.1, -0.05) is 6.92 Å². The van der Waals surface area contributed by atoms with Crippen molar-refractivity contribution in [2.24, 2.45) is 0 Å². The summed E-state index contributed by atoms with van der Waals surface area (Å²) in [4.78, 5) is 5.86. The van der Waals surface area contributed by atoms with E-state index in [9.17, 15) is 0 Å². The summed E-state index contributed by atoms with van der Waals surface area (Å²) in [6, 6.07) is 2.15. The highest BCUT2D eigenvalue weighted by Crippen LogP contribution is 2.19. The maximum absolute atomic E-state index is 4.52. The van der Waals surface area contributed by atoms with Crippen LogP contribution in [0.2, 0.25) is 0 Å². The van der Waals surface area contributed by atoms with Crippen LogP contribution in [0.25, 0.3) is 0 Å². The van der Waals surface area contributed by atoms with Crippen LogP contribution in [0.3, 0.4) is 0 Å². The Balaban J connectivity index is 1.79. The molecule has 0 aliphatic rings. The average Bonchev–Trinajstić information content (AvgIpc) is 2.88. The summed E-state index contributed by atoms with van der Waals surface area (Å²) in [7, 11) is 0. The Bertz CT molecular complexity index is 450. The number of rotatable bonds is 5. The van der Waals surface area contributed by atoms with Gasteiger partial charge in [-0.2, -0.15) is 0 Å². The number of aromatic nitrogens is 1. The fourth-order valence-corrected chi connectivity index (χ4v) is 3.52. The number of thiophene rings is 1. The van der Waals surface area contributed by atoms with Crippen molar-refractivity contribution in [1.29, 1.82) is 0 Å². The molecule has 86 valence electrons. The molecular formula is C11H13BrN2S2. The fourth-order valence-electron chi connectivity index (χ4n) is 1.35. The summed E-state index contributed by atoms with van der Waals surface area (Å²) in [5.41, 5.74) is 1.15. The van der Waals surface area contributed by atoms with Crippen molar-refractivity contribution >= 4 is 38.6 Å². The summed E-state index contributed by atoms with van der Waals surface area (Å²) in [6.45, 7) is 3.90. The van der Waals surface area contributed by atoms with Gasteiger partial charge in [0, 0.05) is 33.2 Å². The first kappa shape index (κ1) is 12.2. The zero-order chi connectivity index (χ0) is 11.4. The van der Waals surface area contributed by atoms with E-state index in [-0.39, 0.29) is 0 Å². The first-order valence-corrected chi connectivity index (χ1v) is 7.70. The highest BCUT2D eigenvalue weighted by molar-refractivity contribution is 9.10. The average molecular weight is 317 g/mol. The Morgan fingerprint density at radius 3 is 2.81 bits per heavy atom. The topological polar surface area (TPSA) is 24.9 Å². The smallest absolute Gasteiger partial charge is 0.0926 e. The van der Waals surface area contributed by atoms with E-state index in [2.05, 4.69) is 50.0 Å². The second-order valence-corrected chi connectivity index (χ2v) is 6.28. The Kier molecular flexibility index (Phi) is 4.52. The molecule has 0 aromatic carbocycles. The zero-order valence-electron chi connectivity index (χ0n) is 9.00. The fraction of sp³-hybridized carbons (Fsp3) is 0.364. The summed E-state index contributed by atoms with van der Waals surface area (Å²) in [5, 5.41) is 8.86. The lowest BCUT2D eigenvalue weighted by atomic mass is 10.4. The molecule has 2 nitrogen and oxygen atoms in total. The monoisotopic (exact) mass is 316 g/mol. The molecule has 1 N–H and O–H groups in total. The molecule has 16 heavy (non-hydrogen) atoms. The van der Waals surface area contributed by atoms with Crippen molar-refractivity contribution < 1.29 is 0 Å². The molecule has 0 atom stereocenters. The van der Waals surface area contributed by atoms with E-state index in [1.165, 1.54) is 9.88 Å². The molecule has 0 unspecified atom stereocenters. The maximum Gasteiger partial charge on any atom is 0.0926 e. The second-order valence-electron chi connectivity index (χ2n) is 3.42. The van der Waals surface area contributed by atoms with Gasteiger partial charge in [0.25, 0.3) is 0 Å². The van der Waals surface area contributed by atoms with Crippen LogP contribution >= 0.6 is 38.6 Å². The van der Waals surface area contributed by atoms with Crippen LogP contribution in [0.4, 0.5) is 0 Å². The number of hydrogen-bond donors (Lipinski definition) is 1. The quantitative estimate of drug-likeness (QED) is 0.907. The van der Waals surface area contributed by atoms with Gasteiger partial charge in [0.1, 0.15) is 0 Å². The van der Waals surface area contributed by atoms with Crippen molar-refractivity contribution in [1.82, 2.24) is 10.3 Å². The third-order valence-corrected chi connectivity index (χ3v) is 4.87. The lowest BCUT2D eigenvalue weighted by Crippen LogP contribution is -2.11. The molecule has 0 spiro atoms. The third-order valence-electron chi connectivity index (χ3n) is 2.13. The molecule has 0 fully saturated rings. The zero-order valence-corrected chi connectivity index (χ0v) is 12.2. The minimum absolute atomic E-state index is 0.853. The molecule has 0 amide bonds. The Morgan fingerprint density at radius 1 is 1.31 bits per heavy atom. The van der Waals surface area contributed by atoms with Crippen LogP contribution in [-0.2, 0) is 19.5 Å². The van der Waals surface area contributed by atoms with Crippen molar-refractivity contribution in [3.05, 3.63) is 36.9 Å². The van der Waals surface area contributed by atoms with Crippen molar-refractivity contribution in [3.8, 4) is 0 Å². The van der Waals surface area contributed by atoms with Crippen LogP contribution in [0.1, 0.15) is 22.5 Å². The maximum atomic E-state index is 4.52. The first-order chi connectivity index (χ1) is 7.78. The highest BCUT2D eigenvalue weighted by atomic mass is 79.9. The van der Waals surface area contributed by atoms with E-state index in [0.717, 1.165) is 29.7 Å². The van der Waals surface area contributed by atoms with Gasteiger partial charge in [-0.15, -0.1) is 22.7 Å². The molecule has 0 aliphatic carbocycles. The third kappa shape index (κ3) is 3.38. The standard InChI is InChI=1S/C11H13BrN2S2/c1-2-11-14-9(7-16-11)4-13-5-10-3-8(12)6-15-10/h3,6-7,13H,2,4-5H2,1H3. The van der Waals surface area contributed by atoms with Gasteiger partial charge in [-0.05, 0) is 28.4 Å². The number of halogens is 1. The summed E-state index contributed by atoms with van der Waals surface area (Å²) in [5.74, 6) is 0.